The molecule has 0 spiro atoms. The van der Waals surface area contributed by atoms with Crippen LogP contribution >= 0.6 is 0 Å². The van der Waals surface area contributed by atoms with Crippen molar-refractivity contribution in [2.24, 2.45) is 5.92 Å². The number of aryl methyl sites for hydroxylation is 1. The Morgan fingerprint density at radius 1 is 1.22 bits per heavy atom. The first-order chi connectivity index (χ1) is 8.29. The maximum absolute atomic E-state index is 5.90. The lowest BCUT2D eigenvalue weighted by Gasteiger charge is -2.23. The summed E-state index contributed by atoms with van der Waals surface area (Å²) in [6.45, 7) is 14.7. The third kappa shape index (κ3) is 5.09. The van der Waals surface area contributed by atoms with Crippen LogP contribution in [0, 0.1) is 19.8 Å². The Morgan fingerprint density at radius 2 is 1.89 bits per heavy atom. The van der Waals surface area contributed by atoms with Crippen LogP contribution in [0.1, 0.15) is 38.8 Å². The molecule has 1 atom stereocenters. The average Bonchev–Trinajstić information content (AvgIpc) is 2.27. The summed E-state index contributed by atoms with van der Waals surface area (Å²) in [5, 5.41) is 3.50. The van der Waals surface area contributed by atoms with Crippen molar-refractivity contribution in [1.29, 1.82) is 0 Å². The van der Waals surface area contributed by atoms with Gasteiger partial charge in [-0.3, -0.25) is 0 Å². The first kappa shape index (κ1) is 15.0. The molecule has 1 aromatic rings. The lowest BCUT2D eigenvalue weighted by molar-refractivity contribution is 0.243. The van der Waals surface area contributed by atoms with E-state index in [9.17, 15) is 0 Å². The zero-order valence-corrected chi connectivity index (χ0v) is 12.6. The molecular formula is C16H27NO. The van der Waals surface area contributed by atoms with Gasteiger partial charge < -0.3 is 10.1 Å². The van der Waals surface area contributed by atoms with Crippen molar-refractivity contribution in [3.63, 3.8) is 0 Å². The van der Waals surface area contributed by atoms with Gasteiger partial charge in [-0.1, -0.05) is 19.1 Å². The normalized spacial score (nSPS) is 13.4. The molecule has 1 rings (SSSR count). The summed E-state index contributed by atoms with van der Waals surface area (Å²) in [4.78, 5) is 0. The highest BCUT2D eigenvalue weighted by Gasteiger charge is 2.12. The summed E-state index contributed by atoms with van der Waals surface area (Å²) in [6.07, 6.45) is 0. The van der Waals surface area contributed by atoms with Crippen molar-refractivity contribution >= 4 is 0 Å². The first-order valence-electron chi connectivity index (χ1n) is 6.73. The van der Waals surface area contributed by atoms with E-state index in [1.807, 2.05) is 6.07 Å². The quantitative estimate of drug-likeness (QED) is 0.859. The van der Waals surface area contributed by atoms with E-state index in [0.29, 0.717) is 5.92 Å². The highest BCUT2D eigenvalue weighted by atomic mass is 16.5. The molecule has 0 aliphatic rings. The predicted octanol–water partition coefficient (Wildman–Crippen LogP) is 3.71. The van der Waals surface area contributed by atoms with Crippen LogP contribution in [-0.2, 0) is 0 Å². The molecule has 0 heterocycles. The van der Waals surface area contributed by atoms with Crippen LogP contribution in [0.2, 0.25) is 0 Å². The molecule has 0 aliphatic carbocycles. The summed E-state index contributed by atoms with van der Waals surface area (Å²) in [5.74, 6) is 1.52. The van der Waals surface area contributed by atoms with Crippen molar-refractivity contribution in [2.75, 3.05) is 13.2 Å². The van der Waals surface area contributed by atoms with Crippen LogP contribution in [0.3, 0.4) is 0 Å². The largest absolute Gasteiger partial charge is 0.493 e. The van der Waals surface area contributed by atoms with Crippen molar-refractivity contribution in [2.45, 2.75) is 47.1 Å². The number of benzene rings is 1. The Labute approximate surface area is 112 Å². The van der Waals surface area contributed by atoms with Gasteiger partial charge in [-0.05, 0) is 51.8 Å². The Bertz CT molecular complexity index is 379. The average molecular weight is 249 g/mol. The second kappa shape index (κ2) is 6.24. The van der Waals surface area contributed by atoms with Gasteiger partial charge in [0.05, 0.1) is 6.61 Å². The van der Waals surface area contributed by atoms with Crippen LogP contribution in [0.15, 0.2) is 18.2 Å². The smallest absolute Gasteiger partial charge is 0.122 e. The minimum Gasteiger partial charge on any atom is -0.493 e. The lowest BCUT2D eigenvalue weighted by atomic mass is 10.1. The minimum atomic E-state index is 0.174. The summed E-state index contributed by atoms with van der Waals surface area (Å²) in [6, 6.07) is 6.22. The molecule has 0 fully saturated rings. The van der Waals surface area contributed by atoms with Gasteiger partial charge in [0.1, 0.15) is 5.75 Å². The van der Waals surface area contributed by atoms with Crippen molar-refractivity contribution in [3.05, 3.63) is 29.3 Å². The fraction of sp³-hybridized carbons (Fsp3) is 0.625. The number of hydrogen-bond donors (Lipinski definition) is 1. The van der Waals surface area contributed by atoms with Gasteiger partial charge in [0, 0.05) is 18.0 Å². The third-order valence-corrected chi connectivity index (χ3v) is 3.06. The summed E-state index contributed by atoms with van der Waals surface area (Å²) >= 11 is 0. The van der Waals surface area contributed by atoms with Gasteiger partial charge in [0.2, 0.25) is 0 Å². The second-order valence-electron chi connectivity index (χ2n) is 6.25. The molecule has 0 aliphatic heterocycles. The molecule has 2 heteroatoms. The molecule has 0 saturated heterocycles. The molecule has 0 bridgehead atoms. The predicted molar refractivity (Wildman–Crippen MR) is 78.3 cm³/mol. The van der Waals surface area contributed by atoms with E-state index >= 15 is 0 Å². The minimum absolute atomic E-state index is 0.174. The standard InChI is InChI=1S/C16H27NO/c1-12(10-17-16(4,5)6)11-18-15-9-7-8-13(2)14(15)3/h7-9,12,17H,10-11H2,1-6H3. The maximum atomic E-state index is 5.90. The second-order valence-corrected chi connectivity index (χ2v) is 6.25. The molecule has 1 N–H and O–H groups in total. The number of nitrogens with one attached hydrogen (secondary N) is 1. The van der Waals surface area contributed by atoms with E-state index in [1.54, 1.807) is 0 Å². The van der Waals surface area contributed by atoms with Crippen LogP contribution < -0.4 is 10.1 Å². The Kier molecular flexibility index (Phi) is 5.21. The molecule has 0 amide bonds. The fourth-order valence-electron chi connectivity index (χ4n) is 1.65. The third-order valence-electron chi connectivity index (χ3n) is 3.06. The summed E-state index contributed by atoms with van der Waals surface area (Å²) in [5.41, 5.74) is 2.70. The topological polar surface area (TPSA) is 21.3 Å². The van der Waals surface area contributed by atoms with Gasteiger partial charge in [0.15, 0.2) is 0 Å². The first-order valence-corrected chi connectivity index (χ1v) is 6.73. The van der Waals surface area contributed by atoms with Crippen molar-refractivity contribution in [3.8, 4) is 5.75 Å². The van der Waals surface area contributed by atoms with Crippen LogP contribution in [0.5, 0.6) is 5.75 Å². The van der Waals surface area contributed by atoms with Crippen molar-refractivity contribution in [1.82, 2.24) is 5.32 Å². The lowest BCUT2D eigenvalue weighted by Crippen LogP contribution is -2.39. The van der Waals surface area contributed by atoms with Crippen molar-refractivity contribution < 1.29 is 4.74 Å². The van der Waals surface area contributed by atoms with E-state index in [-0.39, 0.29) is 5.54 Å². The fourth-order valence-corrected chi connectivity index (χ4v) is 1.65. The van der Waals surface area contributed by atoms with E-state index in [2.05, 4.69) is 59.0 Å². The number of hydrogen-bond acceptors (Lipinski definition) is 2. The van der Waals surface area contributed by atoms with Gasteiger partial charge in [-0.2, -0.15) is 0 Å². The number of ether oxygens (including phenoxy) is 1. The Balaban J connectivity index is 2.43. The molecule has 1 aromatic carbocycles. The zero-order chi connectivity index (χ0) is 13.8. The molecular weight excluding hydrogens is 222 g/mol. The van der Waals surface area contributed by atoms with Crippen LogP contribution in [0.4, 0.5) is 0 Å². The molecule has 2 nitrogen and oxygen atoms in total. The van der Waals surface area contributed by atoms with Gasteiger partial charge in [-0.15, -0.1) is 0 Å². The van der Waals surface area contributed by atoms with Gasteiger partial charge in [-0.25, -0.2) is 0 Å². The van der Waals surface area contributed by atoms with Crippen LogP contribution in [0.25, 0.3) is 0 Å². The van der Waals surface area contributed by atoms with Gasteiger partial charge in [0.25, 0.3) is 0 Å². The molecule has 18 heavy (non-hydrogen) atoms. The summed E-state index contributed by atoms with van der Waals surface area (Å²) < 4.78 is 5.90. The molecule has 0 radical (unpaired) electrons. The number of rotatable bonds is 5. The highest BCUT2D eigenvalue weighted by Crippen LogP contribution is 2.21. The van der Waals surface area contributed by atoms with E-state index < -0.39 is 0 Å². The molecule has 0 saturated carbocycles. The Hall–Kier alpha value is -1.02. The molecule has 102 valence electrons. The van der Waals surface area contributed by atoms with Crippen LogP contribution in [-0.4, -0.2) is 18.7 Å². The van der Waals surface area contributed by atoms with E-state index in [4.69, 9.17) is 4.74 Å². The van der Waals surface area contributed by atoms with Gasteiger partial charge >= 0.3 is 0 Å². The maximum Gasteiger partial charge on any atom is 0.122 e. The van der Waals surface area contributed by atoms with E-state index in [1.165, 1.54) is 11.1 Å². The zero-order valence-electron chi connectivity index (χ0n) is 12.6. The SMILES string of the molecule is Cc1cccc(OCC(C)CNC(C)(C)C)c1C. The summed E-state index contributed by atoms with van der Waals surface area (Å²) in [7, 11) is 0. The highest BCUT2D eigenvalue weighted by molar-refractivity contribution is 5.38. The van der Waals surface area contributed by atoms with E-state index in [0.717, 1.165) is 18.9 Å². The monoisotopic (exact) mass is 249 g/mol. The Morgan fingerprint density at radius 3 is 2.50 bits per heavy atom. The molecule has 1 unspecified atom stereocenters. The molecule has 0 aromatic heterocycles.